The van der Waals surface area contributed by atoms with Crippen LogP contribution in [0.1, 0.15) is 5.56 Å². The van der Waals surface area contributed by atoms with Crippen molar-refractivity contribution in [1.82, 2.24) is 0 Å². The lowest BCUT2D eigenvalue weighted by atomic mass is 10.1. The van der Waals surface area contributed by atoms with Crippen LogP contribution in [0.25, 0.3) is 6.08 Å². The van der Waals surface area contributed by atoms with Crippen molar-refractivity contribution in [2.45, 2.75) is 0 Å². The van der Waals surface area contributed by atoms with Gasteiger partial charge in [-0.1, -0.05) is 29.8 Å². The van der Waals surface area contributed by atoms with Gasteiger partial charge in [-0.2, -0.15) is 5.26 Å². The van der Waals surface area contributed by atoms with Gasteiger partial charge in [-0.25, -0.2) is 0 Å². The van der Waals surface area contributed by atoms with Gasteiger partial charge >= 0.3 is 0 Å². The van der Waals surface area contributed by atoms with Crippen LogP contribution in [0.3, 0.4) is 0 Å². The number of rotatable bonds is 8. The lowest BCUT2D eigenvalue weighted by Gasteiger charge is -2.12. The van der Waals surface area contributed by atoms with Crippen LogP contribution in [-0.2, 0) is 9.59 Å². The normalized spacial score (nSPS) is 10.8. The van der Waals surface area contributed by atoms with E-state index in [1.54, 1.807) is 36.4 Å². The van der Waals surface area contributed by atoms with Crippen molar-refractivity contribution in [2.75, 3.05) is 17.2 Å². The molecule has 3 aromatic rings. The number of non-ortho nitro benzene ring substituents is 1. The number of benzene rings is 3. The molecule has 0 bridgehead atoms. The second-order valence-corrected chi connectivity index (χ2v) is 9.18. The van der Waals surface area contributed by atoms with E-state index >= 15 is 0 Å². The molecule has 0 fully saturated rings. The molecule has 0 heterocycles. The fourth-order valence-electron chi connectivity index (χ4n) is 2.90. The van der Waals surface area contributed by atoms with E-state index in [1.807, 2.05) is 6.07 Å². The molecule has 0 radical (unpaired) electrons. The molecule has 0 saturated heterocycles. The first-order chi connectivity index (χ1) is 17.2. The van der Waals surface area contributed by atoms with Crippen LogP contribution < -0.4 is 15.4 Å². The van der Waals surface area contributed by atoms with E-state index in [-0.39, 0.29) is 23.6 Å². The zero-order chi connectivity index (χ0) is 26.2. The first-order valence-electron chi connectivity index (χ1n) is 10.0. The molecule has 2 amide bonds. The number of nitro benzene ring substituents is 1. The molecule has 9 nitrogen and oxygen atoms in total. The number of nitriles is 1. The van der Waals surface area contributed by atoms with Crippen molar-refractivity contribution in [3.63, 3.8) is 0 Å². The van der Waals surface area contributed by atoms with Gasteiger partial charge in [-0.15, -0.1) is 0 Å². The minimum atomic E-state index is -0.734. The van der Waals surface area contributed by atoms with Gasteiger partial charge in [0.05, 0.1) is 24.6 Å². The maximum Gasteiger partial charge on any atom is 0.271 e. The quantitative estimate of drug-likeness (QED) is 0.129. The van der Waals surface area contributed by atoms with Crippen LogP contribution in [0.5, 0.6) is 5.75 Å². The SMILES string of the molecule is N#C/C(=C/c1cc(Br)c(OCC(=O)Nc2ccccc2Cl)c(Br)c1)C(=O)Nc1cccc([N+](=O)[O-])c1. The Morgan fingerprint density at radius 1 is 1.08 bits per heavy atom. The summed E-state index contributed by atoms with van der Waals surface area (Å²) in [4.78, 5) is 35.1. The molecule has 182 valence electrons. The molecule has 2 N–H and O–H groups in total. The van der Waals surface area contributed by atoms with Crippen LogP contribution in [0.15, 0.2) is 75.2 Å². The minimum absolute atomic E-state index is 0.177. The average molecular weight is 635 g/mol. The molecule has 12 heteroatoms. The van der Waals surface area contributed by atoms with Gasteiger partial charge in [0.15, 0.2) is 6.61 Å². The van der Waals surface area contributed by atoms with Gasteiger partial charge in [0, 0.05) is 17.8 Å². The Kier molecular flexibility index (Phi) is 9.19. The molecule has 0 saturated carbocycles. The van der Waals surface area contributed by atoms with Gasteiger partial charge in [0.1, 0.15) is 17.4 Å². The van der Waals surface area contributed by atoms with Crippen molar-refractivity contribution in [1.29, 1.82) is 5.26 Å². The average Bonchev–Trinajstić information content (AvgIpc) is 2.83. The molecular formula is C24H15Br2ClN4O5. The number of anilines is 2. The van der Waals surface area contributed by atoms with Crippen molar-refractivity contribution >= 4 is 78.4 Å². The van der Waals surface area contributed by atoms with E-state index in [1.165, 1.54) is 30.3 Å². The molecule has 3 aromatic carbocycles. The summed E-state index contributed by atoms with van der Waals surface area (Å²) >= 11 is 12.8. The molecule has 0 unspecified atom stereocenters. The minimum Gasteiger partial charge on any atom is -0.481 e. The summed E-state index contributed by atoms with van der Waals surface area (Å²) in [6, 6.07) is 17.2. The number of para-hydroxylation sites is 1. The molecule has 0 aliphatic carbocycles. The summed E-state index contributed by atoms with van der Waals surface area (Å²) in [6.07, 6.45) is 1.34. The second kappa shape index (κ2) is 12.3. The van der Waals surface area contributed by atoms with Crippen molar-refractivity contribution < 1.29 is 19.2 Å². The zero-order valence-corrected chi connectivity index (χ0v) is 22.1. The highest BCUT2D eigenvalue weighted by Gasteiger charge is 2.15. The fourth-order valence-corrected chi connectivity index (χ4v) is 4.53. The van der Waals surface area contributed by atoms with Crippen LogP contribution in [0, 0.1) is 21.4 Å². The Morgan fingerprint density at radius 2 is 1.78 bits per heavy atom. The van der Waals surface area contributed by atoms with Crippen LogP contribution >= 0.6 is 43.5 Å². The largest absolute Gasteiger partial charge is 0.481 e. The third-order valence-electron chi connectivity index (χ3n) is 4.51. The number of nitrogens with zero attached hydrogens (tertiary/aromatic N) is 2. The van der Waals surface area contributed by atoms with Crippen LogP contribution in [-0.4, -0.2) is 23.3 Å². The first kappa shape index (κ1) is 26.9. The van der Waals surface area contributed by atoms with Gasteiger partial charge in [0.25, 0.3) is 17.5 Å². The number of carbonyl (C=O) groups excluding carboxylic acids is 2. The fraction of sp³-hybridized carbons (Fsp3) is 0.0417. The number of halogens is 3. The summed E-state index contributed by atoms with van der Waals surface area (Å²) in [6.45, 7) is -0.299. The number of amides is 2. The Bertz CT molecular complexity index is 1400. The van der Waals surface area contributed by atoms with E-state index < -0.39 is 16.7 Å². The topological polar surface area (TPSA) is 134 Å². The van der Waals surface area contributed by atoms with Gasteiger partial charge in [-0.05, 0) is 73.8 Å². The molecule has 0 atom stereocenters. The monoisotopic (exact) mass is 632 g/mol. The smallest absolute Gasteiger partial charge is 0.271 e. The third-order valence-corrected chi connectivity index (χ3v) is 6.01. The lowest BCUT2D eigenvalue weighted by molar-refractivity contribution is -0.384. The highest BCUT2D eigenvalue weighted by Crippen LogP contribution is 2.35. The third kappa shape index (κ3) is 7.14. The highest BCUT2D eigenvalue weighted by atomic mass is 79.9. The number of nitro groups is 1. The Labute approximate surface area is 227 Å². The molecule has 0 spiro atoms. The number of hydrogen-bond acceptors (Lipinski definition) is 6. The van der Waals surface area contributed by atoms with Crippen molar-refractivity contribution in [3.8, 4) is 11.8 Å². The van der Waals surface area contributed by atoms with Gasteiger partial charge < -0.3 is 15.4 Å². The second-order valence-electron chi connectivity index (χ2n) is 7.06. The number of ether oxygens (including phenoxy) is 1. The molecule has 3 rings (SSSR count). The summed E-state index contributed by atoms with van der Waals surface area (Å²) in [5.41, 5.74) is 0.690. The van der Waals surface area contributed by atoms with Gasteiger partial charge in [-0.3, -0.25) is 19.7 Å². The number of nitrogens with one attached hydrogen (secondary N) is 2. The van der Waals surface area contributed by atoms with E-state index in [0.717, 1.165) is 0 Å². The van der Waals surface area contributed by atoms with Crippen LogP contribution in [0.4, 0.5) is 17.1 Å². The Hall–Kier alpha value is -3.72. The molecule has 36 heavy (non-hydrogen) atoms. The predicted octanol–water partition coefficient (Wildman–Crippen LogP) is 6.34. The maximum atomic E-state index is 12.5. The summed E-state index contributed by atoms with van der Waals surface area (Å²) < 4.78 is 6.54. The number of carbonyl (C=O) groups is 2. The highest BCUT2D eigenvalue weighted by molar-refractivity contribution is 9.11. The predicted molar refractivity (Wildman–Crippen MR) is 143 cm³/mol. The van der Waals surface area contributed by atoms with Crippen LogP contribution in [0.2, 0.25) is 5.02 Å². The van der Waals surface area contributed by atoms with Crippen molar-refractivity contribution in [2.24, 2.45) is 0 Å². The molecule has 0 aliphatic heterocycles. The van der Waals surface area contributed by atoms with E-state index in [4.69, 9.17) is 16.3 Å². The Morgan fingerprint density at radius 3 is 2.42 bits per heavy atom. The Balaban J connectivity index is 1.71. The zero-order valence-electron chi connectivity index (χ0n) is 18.1. The first-order valence-corrected chi connectivity index (χ1v) is 12.0. The summed E-state index contributed by atoms with van der Waals surface area (Å²) in [5.74, 6) is -0.821. The van der Waals surface area contributed by atoms with E-state index in [9.17, 15) is 25.0 Å². The maximum absolute atomic E-state index is 12.5. The molecular weight excluding hydrogens is 620 g/mol. The lowest BCUT2D eigenvalue weighted by Crippen LogP contribution is -2.20. The van der Waals surface area contributed by atoms with Crippen molar-refractivity contribution in [3.05, 3.63) is 95.9 Å². The van der Waals surface area contributed by atoms with Gasteiger partial charge in [0.2, 0.25) is 0 Å². The standard InChI is InChI=1S/C24H15Br2ClN4O5/c25-18-9-14(8-15(12-28)24(33)29-16-4-3-5-17(11-16)31(34)35)10-19(26)23(18)36-13-22(32)30-21-7-2-1-6-20(21)27/h1-11H,13H2,(H,29,33)(H,30,32)/b15-8-. The summed E-state index contributed by atoms with van der Waals surface area (Å²) in [5, 5.41) is 25.9. The number of hydrogen-bond donors (Lipinski definition) is 2. The van der Waals surface area contributed by atoms with E-state index in [2.05, 4.69) is 42.5 Å². The molecule has 0 aliphatic rings. The molecule has 0 aromatic heterocycles. The summed E-state index contributed by atoms with van der Waals surface area (Å²) in [7, 11) is 0. The van der Waals surface area contributed by atoms with E-state index in [0.29, 0.717) is 31.0 Å².